The number of pyridine rings is 1. The highest BCUT2D eigenvalue weighted by Crippen LogP contribution is 2.19. The maximum Gasteiger partial charge on any atom is 0.243 e. The molecule has 19 heavy (non-hydrogen) atoms. The van der Waals surface area contributed by atoms with Crippen LogP contribution in [0.4, 0.5) is 0 Å². The third-order valence-electron chi connectivity index (χ3n) is 2.60. The lowest BCUT2D eigenvalue weighted by atomic mass is 10.4. The third-order valence-corrected chi connectivity index (χ3v) is 4.51. The van der Waals surface area contributed by atoms with Crippen molar-refractivity contribution in [2.75, 3.05) is 6.54 Å². The van der Waals surface area contributed by atoms with Crippen molar-refractivity contribution in [2.24, 2.45) is 0 Å². The molecule has 1 aliphatic rings. The molecule has 1 aromatic heterocycles. The minimum atomic E-state index is -3.72. The van der Waals surface area contributed by atoms with Gasteiger partial charge in [-0.05, 0) is 25.0 Å². The summed E-state index contributed by atoms with van der Waals surface area (Å²) in [7, 11) is -3.72. The molecule has 104 valence electrons. The SMILES string of the molecule is O=C(CCNS(=O)(=O)c1cccnc1Cl)NC1CC1. The van der Waals surface area contributed by atoms with Gasteiger partial charge >= 0.3 is 0 Å². The van der Waals surface area contributed by atoms with Gasteiger partial charge in [-0.3, -0.25) is 4.79 Å². The second-order valence-corrected chi connectivity index (χ2v) is 6.38. The van der Waals surface area contributed by atoms with Gasteiger partial charge in [-0.2, -0.15) is 0 Å². The molecule has 0 aromatic carbocycles. The quantitative estimate of drug-likeness (QED) is 0.757. The largest absolute Gasteiger partial charge is 0.353 e. The smallest absolute Gasteiger partial charge is 0.243 e. The summed E-state index contributed by atoms with van der Waals surface area (Å²) in [6.45, 7) is 0.0338. The third kappa shape index (κ3) is 4.15. The van der Waals surface area contributed by atoms with E-state index in [1.807, 2.05) is 0 Å². The van der Waals surface area contributed by atoms with Gasteiger partial charge in [0.2, 0.25) is 15.9 Å². The van der Waals surface area contributed by atoms with E-state index in [9.17, 15) is 13.2 Å². The highest BCUT2D eigenvalue weighted by atomic mass is 35.5. The monoisotopic (exact) mass is 303 g/mol. The Hall–Kier alpha value is -1.18. The Bertz CT molecular complexity index is 572. The Morgan fingerprint density at radius 3 is 2.84 bits per heavy atom. The van der Waals surface area contributed by atoms with Gasteiger partial charge in [0.15, 0.2) is 0 Å². The number of rotatable bonds is 6. The molecule has 2 rings (SSSR count). The Balaban J connectivity index is 1.87. The summed E-state index contributed by atoms with van der Waals surface area (Å²) in [5, 5.41) is 2.69. The molecule has 1 heterocycles. The molecule has 1 amide bonds. The van der Waals surface area contributed by atoms with Crippen LogP contribution >= 0.6 is 11.6 Å². The number of amides is 1. The van der Waals surface area contributed by atoms with Gasteiger partial charge < -0.3 is 5.32 Å². The van der Waals surface area contributed by atoms with Gasteiger partial charge in [0.25, 0.3) is 0 Å². The molecule has 0 aliphatic heterocycles. The Kier molecular flexibility index (Phi) is 4.38. The van der Waals surface area contributed by atoms with Gasteiger partial charge in [-0.25, -0.2) is 18.1 Å². The first-order valence-corrected chi connectivity index (χ1v) is 7.75. The number of halogens is 1. The molecule has 0 spiro atoms. The Morgan fingerprint density at radius 1 is 1.47 bits per heavy atom. The molecular weight excluding hydrogens is 290 g/mol. The van der Waals surface area contributed by atoms with Crippen molar-refractivity contribution in [3.05, 3.63) is 23.5 Å². The van der Waals surface area contributed by atoms with E-state index >= 15 is 0 Å². The molecule has 1 fully saturated rings. The fourth-order valence-corrected chi connectivity index (χ4v) is 2.96. The second kappa shape index (κ2) is 5.85. The molecule has 0 radical (unpaired) electrons. The number of nitrogens with one attached hydrogen (secondary N) is 2. The van der Waals surface area contributed by atoms with Crippen LogP contribution in [0.3, 0.4) is 0 Å². The lowest BCUT2D eigenvalue weighted by Gasteiger charge is -2.07. The van der Waals surface area contributed by atoms with Gasteiger partial charge in [0.1, 0.15) is 10.0 Å². The Morgan fingerprint density at radius 2 is 2.21 bits per heavy atom. The molecule has 0 unspecified atom stereocenters. The summed E-state index contributed by atoms with van der Waals surface area (Å²) >= 11 is 5.72. The average Bonchev–Trinajstić information content (AvgIpc) is 3.13. The summed E-state index contributed by atoms with van der Waals surface area (Å²) in [6, 6.07) is 3.12. The van der Waals surface area contributed by atoms with Crippen LogP contribution in [0.2, 0.25) is 5.15 Å². The second-order valence-electron chi connectivity index (χ2n) is 4.28. The lowest BCUT2D eigenvalue weighted by molar-refractivity contribution is -0.121. The first kappa shape index (κ1) is 14.2. The first-order valence-electron chi connectivity index (χ1n) is 5.88. The highest BCUT2D eigenvalue weighted by Gasteiger charge is 2.23. The fraction of sp³-hybridized carbons (Fsp3) is 0.455. The van der Waals surface area contributed by atoms with E-state index in [1.54, 1.807) is 0 Å². The van der Waals surface area contributed by atoms with Gasteiger partial charge in [0.05, 0.1) is 0 Å². The number of nitrogens with zero attached hydrogens (tertiary/aromatic N) is 1. The molecule has 1 aromatic rings. The van der Waals surface area contributed by atoms with Crippen LogP contribution < -0.4 is 10.0 Å². The number of sulfonamides is 1. The van der Waals surface area contributed by atoms with E-state index in [0.717, 1.165) is 12.8 Å². The highest BCUT2D eigenvalue weighted by molar-refractivity contribution is 7.89. The zero-order chi connectivity index (χ0) is 13.9. The van der Waals surface area contributed by atoms with Crippen molar-refractivity contribution in [1.82, 2.24) is 15.0 Å². The minimum Gasteiger partial charge on any atom is -0.353 e. The summed E-state index contributed by atoms with van der Waals surface area (Å²) < 4.78 is 26.1. The Labute approximate surface area is 116 Å². The minimum absolute atomic E-state index is 0.0338. The van der Waals surface area contributed by atoms with E-state index < -0.39 is 10.0 Å². The van der Waals surface area contributed by atoms with Crippen molar-refractivity contribution >= 4 is 27.5 Å². The molecule has 0 saturated heterocycles. The van der Waals surface area contributed by atoms with Crippen LogP contribution in [0.5, 0.6) is 0 Å². The lowest BCUT2D eigenvalue weighted by Crippen LogP contribution is -2.31. The molecule has 1 aliphatic carbocycles. The zero-order valence-corrected chi connectivity index (χ0v) is 11.7. The van der Waals surface area contributed by atoms with E-state index in [1.165, 1.54) is 18.3 Å². The van der Waals surface area contributed by atoms with E-state index in [2.05, 4.69) is 15.0 Å². The molecule has 1 saturated carbocycles. The zero-order valence-electron chi connectivity index (χ0n) is 10.1. The standard InChI is InChI=1S/C11H14ClN3O3S/c12-11-9(2-1-6-13-11)19(17,18)14-7-5-10(16)15-8-3-4-8/h1-2,6,8,14H,3-5,7H2,(H,15,16). The van der Waals surface area contributed by atoms with Gasteiger partial charge in [-0.1, -0.05) is 11.6 Å². The summed E-state index contributed by atoms with van der Waals surface area (Å²) in [5.41, 5.74) is 0. The first-order chi connectivity index (χ1) is 8.99. The predicted molar refractivity (Wildman–Crippen MR) is 70.2 cm³/mol. The number of aromatic nitrogens is 1. The normalized spacial score (nSPS) is 15.2. The van der Waals surface area contributed by atoms with Crippen LogP contribution in [0.15, 0.2) is 23.2 Å². The van der Waals surface area contributed by atoms with Crippen molar-refractivity contribution in [1.29, 1.82) is 0 Å². The summed E-state index contributed by atoms with van der Waals surface area (Å²) in [4.78, 5) is 15.0. The molecule has 8 heteroatoms. The maximum absolute atomic E-state index is 11.9. The van der Waals surface area contributed by atoms with E-state index in [-0.39, 0.29) is 35.0 Å². The van der Waals surface area contributed by atoms with E-state index in [0.29, 0.717) is 0 Å². The van der Waals surface area contributed by atoms with Gasteiger partial charge in [0, 0.05) is 25.2 Å². The van der Waals surface area contributed by atoms with E-state index in [4.69, 9.17) is 11.6 Å². The average molecular weight is 304 g/mol. The van der Waals surface area contributed by atoms with Crippen LogP contribution in [-0.2, 0) is 14.8 Å². The van der Waals surface area contributed by atoms with Crippen LogP contribution in [0, 0.1) is 0 Å². The molecule has 0 atom stereocenters. The number of carbonyl (C=O) groups excluding carboxylic acids is 1. The summed E-state index contributed by atoms with van der Waals surface area (Å²) in [6.07, 6.45) is 3.52. The number of carbonyl (C=O) groups is 1. The molecular formula is C11H14ClN3O3S. The number of hydrogen-bond acceptors (Lipinski definition) is 4. The maximum atomic E-state index is 11.9. The van der Waals surface area contributed by atoms with Crippen LogP contribution in [0.25, 0.3) is 0 Å². The predicted octanol–water partition coefficient (Wildman–Crippen LogP) is 0.682. The van der Waals surface area contributed by atoms with Crippen molar-refractivity contribution < 1.29 is 13.2 Å². The van der Waals surface area contributed by atoms with Crippen molar-refractivity contribution in [2.45, 2.75) is 30.2 Å². The summed E-state index contributed by atoms with van der Waals surface area (Å²) in [5.74, 6) is -0.150. The molecule has 0 bridgehead atoms. The van der Waals surface area contributed by atoms with Crippen LogP contribution in [-0.4, -0.2) is 31.9 Å². The molecule has 2 N–H and O–H groups in total. The topological polar surface area (TPSA) is 88.2 Å². The van der Waals surface area contributed by atoms with Gasteiger partial charge in [-0.15, -0.1) is 0 Å². The van der Waals surface area contributed by atoms with Crippen LogP contribution in [0.1, 0.15) is 19.3 Å². The van der Waals surface area contributed by atoms with Crippen molar-refractivity contribution in [3.8, 4) is 0 Å². The number of hydrogen-bond donors (Lipinski definition) is 2. The fourth-order valence-electron chi connectivity index (χ4n) is 1.48. The molecule has 6 nitrogen and oxygen atoms in total. The van der Waals surface area contributed by atoms with Crippen molar-refractivity contribution in [3.63, 3.8) is 0 Å².